The van der Waals surface area contributed by atoms with Gasteiger partial charge in [-0.15, -0.1) is 0 Å². The van der Waals surface area contributed by atoms with Crippen LogP contribution in [0.2, 0.25) is 0 Å². The molecule has 0 aliphatic rings. The summed E-state index contributed by atoms with van der Waals surface area (Å²) < 4.78 is 0. The molecule has 2 unspecified atom stereocenters. The molecule has 0 saturated carbocycles. The van der Waals surface area contributed by atoms with Gasteiger partial charge in [0.1, 0.15) is 0 Å². The van der Waals surface area contributed by atoms with Crippen LogP contribution in [0.1, 0.15) is 31.4 Å². The average Bonchev–Trinajstić information content (AvgIpc) is 2.51. The molecule has 21 heavy (non-hydrogen) atoms. The molecule has 2 atom stereocenters. The predicted octanol–water partition coefficient (Wildman–Crippen LogP) is 2.08. The second kappa shape index (κ2) is 7.20. The van der Waals surface area contributed by atoms with E-state index in [0.29, 0.717) is 13.0 Å². The Morgan fingerprint density at radius 3 is 2.62 bits per heavy atom. The van der Waals surface area contributed by atoms with Crippen LogP contribution in [0.5, 0.6) is 0 Å². The smallest absolute Gasteiger partial charge is 0.237 e. The number of carbonyl (C=O) groups is 1. The van der Waals surface area contributed by atoms with Gasteiger partial charge in [-0.1, -0.05) is 36.4 Å². The molecule has 0 aliphatic carbocycles. The Morgan fingerprint density at radius 1 is 1.19 bits per heavy atom. The van der Waals surface area contributed by atoms with Gasteiger partial charge in [-0.2, -0.15) is 0 Å². The zero-order valence-corrected chi connectivity index (χ0v) is 12.4. The monoisotopic (exact) mass is 285 g/mol. The highest BCUT2D eigenvalue weighted by atomic mass is 16.2. The molecule has 0 saturated heterocycles. The number of rotatable bonds is 6. The summed E-state index contributed by atoms with van der Waals surface area (Å²) in [7, 11) is 0. The minimum atomic E-state index is -0.489. The third-order valence-electron chi connectivity index (χ3n) is 3.69. The Balaban J connectivity index is 2.04. The summed E-state index contributed by atoms with van der Waals surface area (Å²) in [5, 5.41) is 5.33. The first-order valence-corrected chi connectivity index (χ1v) is 7.36. The van der Waals surface area contributed by atoms with E-state index in [2.05, 4.69) is 29.6 Å². The number of benzene rings is 2. The van der Waals surface area contributed by atoms with Gasteiger partial charge in [0.05, 0.1) is 12.1 Å². The molecule has 0 aliphatic heterocycles. The van der Waals surface area contributed by atoms with Crippen molar-refractivity contribution in [3.05, 3.63) is 48.0 Å². The lowest BCUT2D eigenvalue weighted by atomic mass is 10.0. The molecule has 0 spiro atoms. The lowest BCUT2D eigenvalue weighted by Gasteiger charge is -2.18. The fraction of sp³-hybridized carbons (Fsp3) is 0.353. The SMILES string of the molecule is CC(NC(=O)C(N)CCCN)c1ccc2ccccc2c1. The van der Waals surface area contributed by atoms with Crippen molar-refractivity contribution >= 4 is 16.7 Å². The van der Waals surface area contributed by atoms with E-state index in [0.717, 1.165) is 12.0 Å². The topological polar surface area (TPSA) is 81.1 Å². The second-order valence-electron chi connectivity index (χ2n) is 5.37. The number of nitrogens with two attached hydrogens (primary N) is 2. The van der Waals surface area contributed by atoms with Crippen LogP contribution in [-0.2, 0) is 4.79 Å². The zero-order valence-electron chi connectivity index (χ0n) is 12.4. The van der Waals surface area contributed by atoms with Gasteiger partial charge in [0.15, 0.2) is 0 Å². The van der Waals surface area contributed by atoms with E-state index < -0.39 is 6.04 Å². The van der Waals surface area contributed by atoms with Crippen molar-refractivity contribution in [1.82, 2.24) is 5.32 Å². The van der Waals surface area contributed by atoms with E-state index >= 15 is 0 Å². The van der Waals surface area contributed by atoms with Gasteiger partial charge < -0.3 is 16.8 Å². The van der Waals surface area contributed by atoms with Crippen LogP contribution in [0.4, 0.5) is 0 Å². The Kier molecular flexibility index (Phi) is 5.31. The number of amides is 1. The molecule has 1 amide bonds. The highest BCUT2D eigenvalue weighted by Crippen LogP contribution is 2.20. The molecular weight excluding hydrogens is 262 g/mol. The van der Waals surface area contributed by atoms with Crippen molar-refractivity contribution < 1.29 is 4.79 Å². The normalized spacial score (nSPS) is 13.9. The van der Waals surface area contributed by atoms with Crippen molar-refractivity contribution in [2.24, 2.45) is 11.5 Å². The van der Waals surface area contributed by atoms with Gasteiger partial charge in [0.25, 0.3) is 0 Å². The molecule has 4 nitrogen and oxygen atoms in total. The lowest BCUT2D eigenvalue weighted by molar-refractivity contribution is -0.123. The van der Waals surface area contributed by atoms with Gasteiger partial charge in [-0.3, -0.25) is 4.79 Å². The van der Waals surface area contributed by atoms with E-state index in [9.17, 15) is 4.79 Å². The number of nitrogens with one attached hydrogen (secondary N) is 1. The number of fused-ring (bicyclic) bond motifs is 1. The summed E-state index contributed by atoms with van der Waals surface area (Å²) in [6.07, 6.45) is 1.38. The van der Waals surface area contributed by atoms with E-state index in [1.165, 1.54) is 10.8 Å². The molecule has 0 bridgehead atoms. The van der Waals surface area contributed by atoms with Gasteiger partial charge in [-0.05, 0) is 48.7 Å². The van der Waals surface area contributed by atoms with Gasteiger partial charge >= 0.3 is 0 Å². The van der Waals surface area contributed by atoms with Crippen molar-refractivity contribution in [3.8, 4) is 0 Å². The van der Waals surface area contributed by atoms with Gasteiger partial charge in [-0.25, -0.2) is 0 Å². The van der Waals surface area contributed by atoms with Gasteiger partial charge in [0, 0.05) is 0 Å². The molecule has 0 fully saturated rings. The van der Waals surface area contributed by atoms with Crippen LogP contribution < -0.4 is 16.8 Å². The highest BCUT2D eigenvalue weighted by molar-refractivity contribution is 5.84. The molecular formula is C17H23N3O. The van der Waals surface area contributed by atoms with Gasteiger partial charge in [0.2, 0.25) is 5.91 Å². The summed E-state index contributed by atoms with van der Waals surface area (Å²) in [4.78, 5) is 12.0. The minimum Gasteiger partial charge on any atom is -0.348 e. The maximum Gasteiger partial charge on any atom is 0.237 e. The third kappa shape index (κ3) is 4.03. The van der Waals surface area contributed by atoms with Crippen molar-refractivity contribution in [2.75, 3.05) is 6.54 Å². The Morgan fingerprint density at radius 2 is 1.90 bits per heavy atom. The van der Waals surface area contributed by atoms with Crippen LogP contribution in [0.15, 0.2) is 42.5 Å². The minimum absolute atomic E-state index is 0.0639. The van der Waals surface area contributed by atoms with E-state index in [-0.39, 0.29) is 11.9 Å². The molecule has 5 N–H and O–H groups in total. The quantitative estimate of drug-likeness (QED) is 0.760. The fourth-order valence-electron chi connectivity index (χ4n) is 2.35. The zero-order chi connectivity index (χ0) is 15.2. The lowest BCUT2D eigenvalue weighted by Crippen LogP contribution is -2.41. The first-order valence-electron chi connectivity index (χ1n) is 7.36. The molecule has 2 rings (SSSR count). The summed E-state index contributed by atoms with van der Waals surface area (Å²) >= 11 is 0. The standard InChI is InChI=1S/C17H23N3O/c1-12(20-17(21)16(19)7-4-10-18)14-9-8-13-5-2-3-6-15(13)11-14/h2-3,5-6,8-9,11-12,16H,4,7,10,18-19H2,1H3,(H,20,21). The molecule has 2 aromatic carbocycles. The summed E-state index contributed by atoms with van der Waals surface area (Å²) in [5.41, 5.74) is 12.4. The molecule has 4 heteroatoms. The Bertz CT molecular complexity index is 612. The molecule has 112 valence electrons. The number of carbonyl (C=O) groups excluding carboxylic acids is 1. The maximum absolute atomic E-state index is 12.0. The first kappa shape index (κ1) is 15.5. The number of hydrogen-bond donors (Lipinski definition) is 3. The van der Waals surface area contributed by atoms with Crippen molar-refractivity contribution in [2.45, 2.75) is 31.8 Å². The van der Waals surface area contributed by atoms with E-state index in [1.807, 2.05) is 25.1 Å². The van der Waals surface area contributed by atoms with Crippen molar-refractivity contribution in [3.63, 3.8) is 0 Å². The number of hydrogen-bond acceptors (Lipinski definition) is 3. The van der Waals surface area contributed by atoms with Crippen LogP contribution in [0, 0.1) is 0 Å². The Labute approximate surface area is 125 Å². The first-order chi connectivity index (χ1) is 10.1. The van der Waals surface area contributed by atoms with Crippen LogP contribution in [0.25, 0.3) is 10.8 Å². The summed E-state index contributed by atoms with van der Waals surface area (Å²) in [6.45, 7) is 2.53. The Hall–Kier alpha value is -1.91. The summed E-state index contributed by atoms with van der Waals surface area (Å²) in [5.74, 6) is -0.121. The molecule has 0 radical (unpaired) electrons. The van der Waals surface area contributed by atoms with Crippen LogP contribution in [-0.4, -0.2) is 18.5 Å². The van der Waals surface area contributed by atoms with Crippen LogP contribution in [0.3, 0.4) is 0 Å². The summed E-state index contributed by atoms with van der Waals surface area (Å²) in [6, 6.07) is 13.8. The predicted molar refractivity (Wildman–Crippen MR) is 86.8 cm³/mol. The molecule has 0 aromatic heterocycles. The maximum atomic E-state index is 12.0. The second-order valence-corrected chi connectivity index (χ2v) is 5.37. The highest BCUT2D eigenvalue weighted by Gasteiger charge is 2.16. The molecule has 2 aromatic rings. The molecule has 0 heterocycles. The van der Waals surface area contributed by atoms with E-state index in [1.54, 1.807) is 0 Å². The fourth-order valence-corrected chi connectivity index (χ4v) is 2.35. The van der Waals surface area contributed by atoms with Crippen molar-refractivity contribution in [1.29, 1.82) is 0 Å². The van der Waals surface area contributed by atoms with E-state index in [4.69, 9.17) is 11.5 Å². The third-order valence-corrected chi connectivity index (χ3v) is 3.69. The van der Waals surface area contributed by atoms with Crippen LogP contribution >= 0.6 is 0 Å². The average molecular weight is 285 g/mol. The largest absolute Gasteiger partial charge is 0.348 e.